The van der Waals surface area contributed by atoms with Gasteiger partial charge in [-0.25, -0.2) is 9.78 Å². The third-order valence-corrected chi connectivity index (χ3v) is 5.17. The quantitative estimate of drug-likeness (QED) is 0.524. The van der Waals surface area contributed by atoms with Crippen LogP contribution < -0.4 is 10.2 Å². The van der Waals surface area contributed by atoms with E-state index in [1.807, 2.05) is 12.1 Å². The molecular weight excluding hydrogens is 384 g/mol. The summed E-state index contributed by atoms with van der Waals surface area (Å²) in [6, 6.07) is 10.4. The van der Waals surface area contributed by atoms with Gasteiger partial charge in [0.2, 0.25) is 0 Å². The number of fused-ring (bicyclic) bond motifs is 1. The molecule has 1 saturated heterocycles. The van der Waals surface area contributed by atoms with E-state index < -0.39 is 4.92 Å². The lowest BCUT2D eigenvalue weighted by Gasteiger charge is -2.36. The first-order valence-corrected chi connectivity index (χ1v) is 9.95. The lowest BCUT2D eigenvalue weighted by atomic mass is 10.2. The summed E-state index contributed by atoms with van der Waals surface area (Å²) in [6.45, 7) is 6.58. The molecule has 0 atom stereocenters. The second-order valence-corrected chi connectivity index (χ2v) is 7.62. The Morgan fingerprint density at radius 3 is 2.63 bits per heavy atom. The SMILES string of the molecule is CC(C)Nc1cccnc1N1CCN(C(=O)n2ccc3ccc([N+](=O)[O-])cc32)CC1. The molecule has 0 unspecified atom stereocenters. The van der Waals surface area contributed by atoms with E-state index in [4.69, 9.17) is 0 Å². The summed E-state index contributed by atoms with van der Waals surface area (Å²) in [5, 5.41) is 15.3. The molecule has 1 aliphatic rings. The van der Waals surface area contributed by atoms with Gasteiger partial charge < -0.3 is 15.1 Å². The number of rotatable bonds is 4. The minimum Gasteiger partial charge on any atom is -0.380 e. The molecule has 4 rings (SSSR count). The molecule has 0 bridgehead atoms. The first kappa shape index (κ1) is 19.7. The van der Waals surface area contributed by atoms with Crippen molar-refractivity contribution in [2.45, 2.75) is 19.9 Å². The number of pyridine rings is 1. The van der Waals surface area contributed by atoms with Crippen molar-refractivity contribution in [3.63, 3.8) is 0 Å². The fourth-order valence-corrected chi connectivity index (χ4v) is 3.73. The minimum atomic E-state index is -0.449. The molecule has 0 spiro atoms. The fraction of sp³-hybridized carbons (Fsp3) is 0.333. The molecule has 0 aliphatic carbocycles. The van der Waals surface area contributed by atoms with E-state index in [2.05, 4.69) is 29.0 Å². The normalized spacial score (nSPS) is 14.4. The van der Waals surface area contributed by atoms with Crippen LogP contribution >= 0.6 is 0 Å². The molecule has 2 aromatic heterocycles. The van der Waals surface area contributed by atoms with Crippen LogP contribution in [0.2, 0.25) is 0 Å². The van der Waals surface area contributed by atoms with Gasteiger partial charge in [0.15, 0.2) is 5.82 Å². The number of nitrogens with zero attached hydrogens (tertiary/aromatic N) is 5. The molecular formula is C21H24N6O3. The highest BCUT2D eigenvalue weighted by molar-refractivity contribution is 5.92. The molecule has 0 saturated carbocycles. The van der Waals surface area contributed by atoms with Crippen molar-refractivity contribution in [1.29, 1.82) is 0 Å². The molecule has 9 nitrogen and oxygen atoms in total. The molecule has 0 radical (unpaired) electrons. The van der Waals surface area contributed by atoms with Crippen molar-refractivity contribution in [2.75, 3.05) is 36.4 Å². The lowest BCUT2D eigenvalue weighted by molar-refractivity contribution is -0.384. The summed E-state index contributed by atoms with van der Waals surface area (Å²) < 4.78 is 1.49. The van der Waals surface area contributed by atoms with Crippen molar-refractivity contribution < 1.29 is 9.72 Å². The summed E-state index contributed by atoms with van der Waals surface area (Å²) in [6.07, 6.45) is 3.45. The zero-order valence-electron chi connectivity index (χ0n) is 17.0. The summed E-state index contributed by atoms with van der Waals surface area (Å²) in [4.78, 5) is 32.2. The highest BCUT2D eigenvalue weighted by Gasteiger charge is 2.25. The van der Waals surface area contributed by atoms with E-state index in [0.29, 0.717) is 37.7 Å². The number of aromatic nitrogens is 2. The van der Waals surface area contributed by atoms with Gasteiger partial charge in [0.05, 0.1) is 16.1 Å². The molecule has 156 valence electrons. The van der Waals surface area contributed by atoms with Gasteiger partial charge in [-0.2, -0.15) is 0 Å². The van der Waals surface area contributed by atoms with Crippen LogP contribution in [0.3, 0.4) is 0 Å². The average Bonchev–Trinajstić information content (AvgIpc) is 3.16. The number of carbonyl (C=O) groups excluding carboxylic acids is 1. The number of carbonyl (C=O) groups is 1. The van der Waals surface area contributed by atoms with E-state index in [0.717, 1.165) is 16.9 Å². The first-order chi connectivity index (χ1) is 14.4. The maximum Gasteiger partial charge on any atom is 0.328 e. The number of non-ortho nitro benzene ring substituents is 1. The van der Waals surface area contributed by atoms with Crippen LogP contribution in [0.1, 0.15) is 13.8 Å². The van der Waals surface area contributed by atoms with E-state index in [-0.39, 0.29) is 11.7 Å². The van der Waals surface area contributed by atoms with Crippen LogP contribution in [0.15, 0.2) is 48.8 Å². The zero-order valence-corrected chi connectivity index (χ0v) is 17.0. The first-order valence-electron chi connectivity index (χ1n) is 9.95. The number of nitro groups is 1. The van der Waals surface area contributed by atoms with E-state index in [1.165, 1.54) is 16.7 Å². The number of amides is 1. The molecule has 3 heterocycles. The zero-order chi connectivity index (χ0) is 21.3. The van der Waals surface area contributed by atoms with E-state index in [9.17, 15) is 14.9 Å². The summed E-state index contributed by atoms with van der Waals surface area (Å²) >= 11 is 0. The van der Waals surface area contributed by atoms with Gasteiger partial charge in [-0.1, -0.05) is 0 Å². The van der Waals surface area contributed by atoms with Gasteiger partial charge in [0.25, 0.3) is 5.69 Å². The minimum absolute atomic E-state index is 0.0274. The predicted octanol–water partition coefficient (Wildman–Crippen LogP) is 3.56. The van der Waals surface area contributed by atoms with Crippen molar-refractivity contribution in [3.8, 4) is 0 Å². The molecule has 30 heavy (non-hydrogen) atoms. The Balaban J connectivity index is 1.50. The molecule has 1 aromatic carbocycles. The number of hydrogen-bond donors (Lipinski definition) is 1. The molecule has 9 heteroatoms. The van der Waals surface area contributed by atoms with Crippen molar-refractivity contribution >= 4 is 34.1 Å². The maximum absolute atomic E-state index is 13.1. The van der Waals surface area contributed by atoms with Gasteiger partial charge in [-0.05, 0) is 38.1 Å². The van der Waals surface area contributed by atoms with Gasteiger partial charge in [0, 0.05) is 62.1 Å². The van der Waals surface area contributed by atoms with Gasteiger partial charge in [-0.3, -0.25) is 14.7 Å². The third-order valence-electron chi connectivity index (χ3n) is 5.17. The Bertz CT molecular complexity index is 1090. The number of hydrogen-bond acceptors (Lipinski definition) is 6. The van der Waals surface area contributed by atoms with Crippen molar-refractivity contribution in [3.05, 3.63) is 58.9 Å². The van der Waals surface area contributed by atoms with Gasteiger partial charge in [-0.15, -0.1) is 0 Å². The van der Waals surface area contributed by atoms with E-state index in [1.54, 1.807) is 29.4 Å². The second kappa shape index (κ2) is 8.02. The topological polar surface area (TPSA) is 96.5 Å². The predicted molar refractivity (Wildman–Crippen MR) is 116 cm³/mol. The molecule has 1 fully saturated rings. The lowest BCUT2D eigenvalue weighted by Crippen LogP contribution is -2.50. The van der Waals surface area contributed by atoms with E-state index >= 15 is 0 Å². The number of benzene rings is 1. The third kappa shape index (κ3) is 3.78. The summed E-state index contributed by atoms with van der Waals surface area (Å²) in [5.41, 5.74) is 1.50. The number of piperazine rings is 1. The largest absolute Gasteiger partial charge is 0.380 e. The standard InChI is InChI=1S/C21H24N6O3/c1-15(2)23-18-4-3-8-22-20(18)24-10-12-25(13-11-24)21(28)26-9-7-16-5-6-17(27(29)30)14-19(16)26/h3-9,14-15,23H,10-13H2,1-2H3. The van der Waals surface area contributed by atoms with Crippen molar-refractivity contribution in [2.24, 2.45) is 0 Å². The Labute approximate surface area is 174 Å². The number of nitrogens with one attached hydrogen (secondary N) is 1. The molecule has 1 amide bonds. The van der Waals surface area contributed by atoms with Crippen molar-refractivity contribution in [1.82, 2.24) is 14.5 Å². The smallest absolute Gasteiger partial charge is 0.328 e. The van der Waals surface area contributed by atoms with Crippen LogP contribution in [-0.2, 0) is 0 Å². The molecule has 3 aromatic rings. The molecule has 1 N–H and O–H groups in total. The monoisotopic (exact) mass is 408 g/mol. The van der Waals surface area contributed by atoms with Crippen LogP contribution in [0.25, 0.3) is 10.9 Å². The number of anilines is 2. The van der Waals surface area contributed by atoms with Crippen LogP contribution in [0.4, 0.5) is 22.0 Å². The maximum atomic E-state index is 13.1. The second-order valence-electron chi connectivity index (χ2n) is 7.62. The Kier molecular flexibility index (Phi) is 5.26. The average molecular weight is 408 g/mol. The van der Waals surface area contributed by atoms with Gasteiger partial charge in [0.1, 0.15) is 0 Å². The fourth-order valence-electron chi connectivity index (χ4n) is 3.73. The molecule has 1 aliphatic heterocycles. The Morgan fingerprint density at radius 2 is 1.93 bits per heavy atom. The Hall–Kier alpha value is -3.62. The summed E-state index contributed by atoms with van der Waals surface area (Å²) in [7, 11) is 0. The summed E-state index contributed by atoms with van der Waals surface area (Å²) in [5.74, 6) is 0.889. The highest BCUT2D eigenvalue weighted by Crippen LogP contribution is 2.26. The van der Waals surface area contributed by atoms with Crippen LogP contribution in [0, 0.1) is 10.1 Å². The van der Waals surface area contributed by atoms with Gasteiger partial charge >= 0.3 is 6.03 Å². The number of nitro benzene ring substituents is 1. The highest BCUT2D eigenvalue weighted by atomic mass is 16.6. The Morgan fingerprint density at radius 1 is 1.17 bits per heavy atom. The van der Waals surface area contributed by atoms with Crippen LogP contribution in [0.5, 0.6) is 0 Å². The van der Waals surface area contributed by atoms with Crippen LogP contribution in [-0.4, -0.2) is 57.6 Å².